The first-order valence-electron chi connectivity index (χ1n) is 7.60. The van der Waals surface area contributed by atoms with Gasteiger partial charge in [0.05, 0.1) is 0 Å². The monoisotopic (exact) mass is 415 g/mol. The summed E-state index contributed by atoms with van der Waals surface area (Å²) in [6, 6.07) is 20.4. The Labute approximate surface area is 179 Å². The van der Waals surface area contributed by atoms with E-state index >= 15 is 0 Å². The van der Waals surface area contributed by atoms with Gasteiger partial charge in [0.15, 0.2) is 0 Å². The van der Waals surface area contributed by atoms with Gasteiger partial charge in [-0.1, -0.05) is 18.2 Å². The van der Waals surface area contributed by atoms with Gasteiger partial charge in [-0.25, -0.2) is 12.2 Å². The van der Waals surface area contributed by atoms with Gasteiger partial charge in [-0.15, -0.1) is 57.7 Å². The number of aromatic nitrogens is 3. The zero-order chi connectivity index (χ0) is 15.5. The molecule has 3 aromatic carbocycles. The fourth-order valence-electron chi connectivity index (χ4n) is 2.56. The normalized spacial score (nSPS) is 11.2. The van der Waals surface area contributed by atoms with E-state index in [1.54, 1.807) is 4.80 Å². The first kappa shape index (κ1) is 22.3. The Kier molecular flexibility index (Phi) is 8.90. The molecule has 4 aromatic rings. The van der Waals surface area contributed by atoms with Crippen LogP contribution in [0.5, 0.6) is 0 Å². The first-order chi connectivity index (χ1) is 11.4. The Balaban J connectivity index is 0.000000372. The van der Waals surface area contributed by atoms with Crippen LogP contribution in [0.3, 0.4) is 0 Å². The third-order valence-corrected chi connectivity index (χ3v) is 3.71. The molecule has 6 heteroatoms. The molecule has 1 heterocycles. The molecule has 0 fully saturated rings. The maximum Gasteiger partial charge on any atom is 4.00 e. The molecular weight excluding hydrogens is 401 g/mol. The number of fused-ring (bicyclic) bond motifs is 2. The summed E-state index contributed by atoms with van der Waals surface area (Å²) < 4.78 is 0. The molecule has 0 atom stereocenters. The standard InChI is InChI=1S/C15H10N3.C5H5.2ClH.Ti/c1-2-6-12-10-13(9-11(12)5-1)18-16-14-7-3-4-8-15(14)17-18;1-2-4-5-3-1;;;/h1-10H;1-3H,4H2;2*1H;/q2*-1;;;+4/p-2. The Morgan fingerprint density at radius 1 is 0.923 bits per heavy atom. The van der Waals surface area contributed by atoms with Gasteiger partial charge in [0.1, 0.15) is 11.0 Å². The SMILES string of the molecule is [C-]1=CC=CC1.[Cl-].[Cl-].[Ti+4].c1ccc2[cH-]c(-n3nc4ccccc4n3)cc2c1. The third-order valence-electron chi connectivity index (χ3n) is 3.71. The third kappa shape index (κ3) is 4.89. The molecule has 0 spiro atoms. The van der Waals surface area contributed by atoms with E-state index in [2.05, 4.69) is 46.6 Å². The number of hydrogen-bond acceptors (Lipinski definition) is 2. The van der Waals surface area contributed by atoms with Crippen molar-refractivity contribution in [2.24, 2.45) is 0 Å². The van der Waals surface area contributed by atoms with E-state index in [9.17, 15) is 0 Å². The van der Waals surface area contributed by atoms with Crippen LogP contribution in [-0.4, -0.2) is 15.0 Å². The average Bonchev–Trinajstić information content (AvgIpc) is 3.33. The van der Waals surface area contributed by atoms with Gasteiger partial charge in [0.2, 0.25) is 0 Å². The predicted molar refractivity (Wildman–Crippen MR) is 93.5 cm³/mol. The second-order valence-corrected chi connectivity index (χ2v) is 5.32. The van der Waals surface area contributed by atoms with E-state index in [-0.39, 0.29) is 46.5 Å². The van der Waals surface area contributed by atoms with Crippen molar-refractivity contribution in [3.8, 4) is 5.69 Å². The number of rotatable bonds is 1. The van der Waals surface area contributed by atoms with E-state index < -0.39 is 0 Å². The van der Waals surface area contributed by atoms with Gasteiger partial charge in [0, 0.05) is 0 Å². The van der Waals surface area contributed by atoms with E-state index in [1.165, 1.54) is 10.8 Å². The Hall–Kier alpha value is -1.78. The molecule has 0 N–H and O–H groups in total. The summed E-state index contributed by atoms with van der Waals surface area (Å²) in [6.45, 7) is 0. The van der Waals surface area contributed by atoms with Crippen molar-refractivity contribution in [3.63, 3.8) is 0 Å². The van der Waals surface area contributed by atoms with Crippen LogP contribution in [0.25, 0.3) is 27.5 Å². The number of halogens is 2. The van der Waals surface area contributed by atoms with Crippen molar-refractivity contribution in [1.29, 1.82) is 0 Å². The summed E-state index contributed by atoms with van der Waals surface area (Å²) in [5.41, 5.74) is 2.85. The number of benzene rings is 2. The molecule has 1 aromatic heterocycles. The van der Waals surface area contributed by atoms with Gasteiger partial charge < -0.3 is 24.8 Å². The molecule has 0 saturated carbocycles. The Morgan fingerprint density at radius 2 is 1.58 bits per heavy atom. The summed E-state index contributed by atoms with van der Waals surface area (Å²) in [5, 5.41) is 11.4. The second-order valence-electron chi connectivity index (χ2n) is 5.32. The van der Waals surface area contributed by atoms with Crippen molar-refractivity contribution >= 4 is 21.8 Å². The fraction of sp³-hybridized carbons (Fsp3) is 0.0500. The van der Waals surface area contributed by atoms with Crippen LogP contribution in [0.15, 0.2) is 78.9 Å². The summed E-state index contributed by atoms with van der Waals surface area (Å²) in [5.74, 6) is 0. The predicted octanol–water partition coefficient (Wildman–Crippen LogP) is -1.40. The molecule has 1 aliphatic carbocycles. The van der Waals surface area contributed by atoms with Gasteiger partial charge >= 0.3 is 21.7 Å². The van der Waals surface area contributed by atoms with Crippen LogP contribution in [0, 0.1) is 6.08 Å². The average molecular weight is 416 g/mol. The van der Waals surface area contributed by atoms with Crippen LogP contribution < -0.4 is 24.8 Å². The van der Waals surface area contributed by atoms with Crippen LogP contribution in [0.2, 0.25) is 0 Å². The molecule has 3 nitrogen and oxygen atoms in total. The summed E-state index contributed by atoms with van der Waals surface area (Å²) in [7, 11) is 0. The van der Waals surface area contributed by atoms with Crippen LogP contribution in [0.4, 0.5) is 0 Å². The van der Waals surface area contributed by atoms with Crippen LogP contribution >= 0.6 is 0 Å². The second kappa shape index (κ2) is 10.4. The molecule has 0 saturated heterocycles. The van der Waals surface area contributed by atoms with Crippen LogP contribution in [-0.2, 0) is 21.7 Å². The molecule has 0 radical (unpaired) electrons. The maximum atomic E-state index is 4.48. The molecule has 128 valence electrons. The minimum absolute atomic E-state index is 0. The molecule has 0 unspecified atom stereocenters. The Bertz CT molecular complexity index is 870. The largest absolute Gasteiger partial charge is 4.00 e. The Morgan fingerprint density at radius 3 is 2.12 bits per heavy atom. The van der Waals surface area contributed by atoms with Gasteiger partial charge in [0.25, 0.3) is 0 Å². The maximum absolute atomic E-state index is 4.48. The van der Waals surface area contributed by atoms with Crippen molar-refractivity contribution in [2.75, 3.05) is 0 Å². The molecule has 0 amide bonds. The van der Waals surface area contributed by atoms with E-state index in [0.717, 1.165) is 23.1 Å². The molecular formula is C20H15Cl2N3Ti. The summed E-state index contributed by atoms with van der Waals surface area (Å²) in [6.07, 6.45) is 10.0. The zero-order valence-electron chi connectivity index (χ0n) is 13.8. The fourth-order valence-corrected chi connectivity index (χ4v) is 2.56. The van der Waals surface area contributed by atoms with E-state index in [0.29, 0.717) is 0 Å². The minimum atomic E-state index is 0. The zero-order valence-corrected chi connectivity index (χ0v) is 16.9. The minimum Gasteiger partial charge on any atom is -1.00 e. The van der Waals surface area contributed by atoms with Gasteiger partial charge in [-0.05, 0) is 17.8 Å². The molecule has 26 heavy (non-hydrogen) atoms. The van der Waals surface area contributed by atoms with E-state index in [1.807, 2.05) is 48.6 Å². The van der Waals surface area contributed by atoms with Crippen molar-refractivity contribution < 1.29 is 46.5 Å². The van der Waals surface area contributed by atoms with Gasteiger partial charge in [-0.2, -0.15) is 10.9 Å². The smallest absolute Gasteiger partial charge is 1.00 e. The number of allylic oxidation sites excluding steroid dienone is 4. The number of hydrogen-bond donors (Lipinski definition) is 0. The van der Waals surface area contributed by atoms with E-state index in [4.69, 9.17) is 0 Å². The van der Waals surface area contributed by atoms with Crippen molar-refractivity contribution in [1.82, 2.24) is 15.0 Å². The van der Waals surface area contributed by atoms with Gasteiger partial charge in [-0.3, -0.25) is 6.08 Å². The quantitative estimate of drug-likeness (QED) is 0.283. The first-order valence-corrected chi connectivity index (χ1v) is 7.60. The topological polar surface area (TPSA) is 30.7 Å². The molecule has 1 aliphatic rings. The number of nitrogens with zero attached hydrogens (tertiary/aromatic N) is 3. The van der Waals surface area contributed by atoms with Crippen molar-refractivity contribution in [3.05, 3.63) is 85.0 Å². The molecule has 5 rings (SSSR count). The molecule has 0 aliphatic heterocycles. The van der Waals surface area contributed by atoms with Crippen molar-refractivity contribution in [2.45, 2.75) is 6.42 Å². The summed E-state index contributed by atoms with van der Waals surface area (Å²) in [4.78, 5) is 1.70. The summed E-state index contributed by atoms with van der Waals surface area (Å²) >= 11 is 0. The van der Waals surface area contributed by atoms with Crippen LogP contribution in [0.1, 0.15) is 6.42 Å². The molecule has 0 bridgehead atoms.